The van der Waals surface area contributed by atoms with Crippen molar-refractivity contribution in [3.05, 3.63) is 34.3 Å². The molecule has 0 amide bonds. The van der Waals surface area contributed by atoms with Gasteiger partial charge in [-0.25, -0.2) is 8.42 Å². The van der Waals surface area contributed by atoms with E-state index in [-0.39, 0.29) is 11.5 Å². The summed E-state index contributed by atoms with van der Waals surface area (Å²) in [6.07, 6.45) is 0. The summed E-state index contributed by atoms with van der Waals surface area (Å²) in [4.78, 5) is 8.96. The predicted octanol–water partition coefficient (Wildman–Crippen LogP) is 1.58. The first-order valence-corrected chi connectivity index (χ1v) is 11.2. The molecule has 0 spiro atoms. The van der Waals surface area contributed by atoms with Crippen molar-refractivity contribution in [2.24, 2.45) is 4.99 Å². The minimum atomic E-state index is -2.82. The minimum Gasteiger partial charge on any atom is -0.357 e. The molecule has 1 aromatic carbocycles. The number of aliphatic imine (C=N–C) groups is 1. The number of guanidine groups is 1. The molecule has 8 heteroatoms. The molecule has 1 heterocycles. The lowest BCUT2D eigenvalue weighted by Gasteiger charge is -2.26. The molecule has 140 valence electrons. The zero-order valence-electron chi connectivity index (χ0n) is 14.9. The third-order valence-electron chi connectivity index (χ3n) is 4.14. The average molecular weight is 431 g/mol. The minimum absolute atomic E-state index is 0.264. The van der Waals surface area contributed by atoms with Crippen LogP contribution in [0.4, 0.5) is 0 Å². The van der Waals surface area contributed by atoms with Crippen LogP contribution in [0.25, 0.3) is 0 Å². The highest BCUT2D eigenvalue weighted by Crippen LogP contribution is 2.12. The standard InChI is InChI=1S/C17H27BrN4O2S/c1-3-19-17(21(2)14-15-4-6-16(18)7-5-15)20-8-9-22-10-12-25(23,24)13-11-22/h4-7H,3,8-14H2,1-2H3,(H,19,20). The van der Waals surface area contributed by atoms with Crippen LogP contribution in [0.1, 0.15) is 12.5 Å². The largest absolute Gasteiger partial charge is 0.357 e. The molecule has 0 atom stereocenters. The molecule has 1 aliphatic rings. The van der Waals surface area contributed by atoms with Crippen molar-refractivity contribution in [2.45, 2.75) is 13.5 Å². The highest BCUT2D eigenvalue weighted by Gasteiger charge is 2.20. The van der Waals surface area contributed by atoms with Gasteiger partial charge in [0.2, 0.25) is 0 Å². The molecule has 0 radical (unpaired) electrons. The number of hydrogen-bond donors (Lipinski definition) is 1. The van der Waals surface area contributed by atoms with Gasteiger partial charge in [0.1, 0.15) is 0 Å². The second-order valence-corrected chi connectivity index (χ2v) is 9.43. The van der Waals surface area contributed by atoms with Crippen molar-refractivity contribution in [3.63, 3.8) is 0 Å². The highest BCUT2D eigenvalue weighted by molar-refractivity contribution is 9.10. The van der Waals surface area contributed by atoms with E-state index in [1.807, 2.05) is 19.2 Å². The first kappa shape index (κ1) is 20.2. The molecule has 2 rings (SSSR count). The van der Waals surface area contributed by atoms with Crippen LogP contribution in [0.5, 0.6) is 0 Å². The summed E-state index contributed by atoms with van der Waals surface area (Å²) in [7, 11) is -0.793. The van der Waals surface area contributed by atoms with Crippen LogP contribution in [-0.4, -0.2) is 75.5 Å². The van der Waals surface area contributed by atoms with E-state index in [2.05, 4.69) is 55.1 Å². The first-order chi connectivity index (χ1) is 11.9. The Kier molecular flexibility index (Phi) is 7.71. The van der Waals surface area contributed by atoms with E-state index in [1.54, 1.807) is 0 Å². The summed E-state index contributed by atoms with van der Waals surface area (Å²) < 4.78 is 24.0. The molecular weight excluding hydrogens is 404 g/mol. The molecule has 0 aromatic heterocycles. The van der Waals surface area contributed by atoms with Crippen LogP contribution >= 0.6 is 15.9 Å². The number of sulfone groups is 1. The lowest BCUT2D eigenvalue weighted by atomic mass is 10.2. The van der Waals surface area contributed by atoms with E-state index in [4.69, 9.17) is 0 Å². The zero-order valence-corrected chi connectivity index (χ0v) is 17.3. The molecule has 1 fully saturated rings. The van der Waals surface area contributed by atoms with Crippen LogP contribution in [0.15, 0.2) is 33.7 Å². The molecule has 1 aromatic rings. The fraction of sp³-hybridized carbons (Fsp3) is 0.588. The topological polar surface area (TPSA) is 65.0 Å². The van der Waals surface area contributed by atoms with Crippen LogP contribution < -0.4 is 5.32 Å². The Morgan fingerprint density at radius 2 is 1.92 bits per heavy atom. The van der Waals surface area contributed by atoms with Crippen molar-refractivity contribution >= 4 is 31.7 Å². The summed E-state index contributed by atoms with van der Waals surface area (Å²) in [6, 6.07) is 8.27. The van der Waals surface area contributed by atoms with Gasteiger partial charge in [0.05, 0.1) is 18.1 Å². The smallest absolute Gasteiger partial charge is 0.194 e. The first-order valence-electron chi connectivity index (χ1n) is 8.56. The van der Waals surface area contributed by atoms with Gasteiger partial charge in [-0.15, -0.1) is 0 Å². The monoisotopic (exact) mass is 430 g/mol. The number of benzene rings is 1. The van der Waals surface area contributed by atoms with E-state index < -0.39 is 9.84 Å². The Bertz CT molecular complexity index is 662. The fourth-order valence-electron chi connectivity index (χ4n) is 2.68. The fourth-order valence-corrected chi connectivity index (χ4v) is 4.22. The highest BCUT2D eigenvalue weighted by atomic mass is 79.9. The van der Waals surface area contributed by atoms with Crippen molar-refractivity contribution in [2.75, 3.05) is 51.3 Å². The molecule has 0 unspecified atom stereocenters. The SMILES string of the molecule is CCNC(=NCCN1CCS(=O)(=O)CC1)N(C)Cc1ccc(Br)cc1. The molecular formula is C17H27BrN4O2S. The molecule has 1 N–H and O–H groups in total. The maximum Gasteiger partial charge on any atom is 0.194 e. The number of halogens is 1. The Balaban J connectivity index is 1.87. The van der Waals surface area contributed by atoms with Gasteiger partial charge < -0.3 is 10.2 Å². The summed E-state index contributed by atoms with van der Waals surface area (Å²) in [5.74, 6) is 1.40. The summed E-state index contributed by atoms with van der Waals surface area (Å²) in [5.41, 5.74) is 1.22. The molecule has 0 saturated carbocycles. The van der Waals surface area contributed by atoms with Gasteiger partial charge in [-0.1, -0.05) is 28.1 Å². The average Bonchev–Trinajstić information content (AvgIpc) is 2.57. The van der Waals surface area contributed by atoms with Crippen LogP contribution in [0.2, 0.25) is 0 Å². The van der Waals surface area contributed by atoms with Gasteiger partial charge in [0, 0.05) is 44.2 Å². The van der Waals surface area contributed by atoms with Gasteiger partial charge >= 0.3 is 0 Å². The molecule has 1 aliphatic heterocycles. The Labute approximate surface area is 159 Å². The number of nitrogens with zero attached hydrogens (tertiary/aromatic N) is 3. The molecule has 1 saturated heterocycles. The van der Waals surface area contributed by atoms with E-state index >= 15 is 0 Å². The van der Waals surface area contributed by atoms with Gasteiger partial charge in [-0.2, -0.15) is 0 Å². The van der Waals surface area contributed by atoms with Crippen LogP contribution in [0, 0.1) is 0 Å². The predicted molar refractivity (Wildman–Crippen MR) is 107 cm³/mol. The van der Waals surface area contributed by atoms with Crippen molar-refractivity contribution in [1.82, 2.24) is 15.1 Å². The Hall–Kier alpha value is -1.12. The Morgan fingerprint density at radius 1 is 1.28 bits per heavy atom. The second kappa shape index (κ2) is 9.54. The maximum absolute atomic E-state index is 11.5. The molecule has 0 aliphatic carbocycles. The summed E-state index contributed by atoms with van der Waals surface area (Å²) in [6.45, 7) is 6.32. The van der Waals surface area contributed by atoms with Gasteiger partial charge in [0.25, 0.3) is 0 Å². The third-order valence-corrected chi connectivity index (χ3v) is 6.28. The number of rotatable bonds is 6. The third kappa shape index (κ3) is 6.95. The van der Waals surface area contributed by atoms with Crippen LogP contribution in [0.3, 0.4) is 0 Å². The van der Waals surface area contributed by atoms with E-state index in [0.717, 1.165) is 30.1 Å². The molecule has 25 heavy (non-hydrogen) atoms. The number of hydrogen-bond acceptors (Lipinski definition) is 4. The van der Waals surface area contributed by atoms with E-state index in [0.29, 0.717) is 19.6 Å². The van der Waals surface area contributed by atoms with Crippen molar-refractivity contribution in [3.8, 4) is 0 Å². The normalized spacial score (nSPS) is 18.1. The van der Waals surface area contributed by atoms with Crippen molar-refractivity contribution < 1.29 is 8.42 Å². The lowest BCUT2D eigenvalue weighted by Crippen LogP contribution is -2.42. The van der Waals surface area contributed by atoms with E-state index in [9.17, 15) is 8.42 Å². The van der Waals surface area contributed by atoms with Crippen LogP contribution in [-0.2, 0) is 16.4 Å². The van der Waals surface area contributed by atoms with Gasteiger partial charge in [-0.3, -0.25) is 9.89 Å². The Morgan fingerprint density at radius 3 is 2.52 bits per heavy atom. The summed E-state index contributed by atoms with van der Waals surface area (Å²) >= 11 is 3.45. The zero-order chi connectivity index (χ0) is 18.3. The summed E-state index contributed by atoms with van der Waals surface area (Å²) in [5, 5.41) is 3.32. The number of nitrogens with one attached hydrogen (secondary N) is 1. The molecule has 0 bridgehead atoms. The second-order valence-electron chi connectivity index (χ2n) is 6.21. The van der Waals surface area contributed by atoms with Gasteiger partial charge in [-0.05, 0) is 24.6 Å². The molecule has 6 nitrogen and oxygen atoms in total. The van der Waals surface area contributed by atoms with E-state index in [1.165, 1.54) is 5.56 Å². The quantitative estimate of drug-likeness (QED) is 0.548. The maximum atomic E-state index is 11.5. The lowest BCUT2D eigenvalue weighted by molar-refractivity contribution is 0.303. The van der Waals surface area contributed by atoms with Crippen molar-refractivity contribution in [1.29, 1.82) is 0 Å². The van der Waals surface area contributed by atoms with Gasteiger partial charge in [0.15, 0.2) is 15.8 Å².